The van der Waals surface area contributed by atoms with E-state index in [-0.39, 0.29) is 16.9 Å². The number of aryl methyl sites for hydroxylation is 1. The van der Waals surface area contributed by atoms with E-state index in [2.05, 4.69) is 31.0 Å². The molecule has 2 nitrogen and oxygen atoms in total. The van der Waals surface area contributed by atoms with Gasteiger partial charge in [-0.25, -0.2) is 4.98 Å². The van der Waals surface area contributed by atoms with E-state index in [1.165, 1.54) is 0 Å². The van der Waals surface area contributed by atoms with Gasteiger partial charge in [-0.05, 0) is 25.5 Å². The van der Waals surface area contributed by atoms with Gasteiger partial charge >= 0.3 is 0 Å². The summed E-state index contributed by atoms with van der Waals surface area (Å²) in [6.07, 6.45) is 2.12. The zero-order chi connectivity index (χ0) is 14.3. The Labute approximate surface area is 125 Å². The van der Waals surface area contributed by atoms with Crippen LogP contribution in [0.15, 0.2) is 30.3 Å². The lowest BCUT2D eigenvalue weighted by Crippen LogP contribution is -2.55. The highest BCUT2D eigenvalue weighted by atomic mass is 35.5. The van der Waals surface area contributed by atoms with Gasteiger partial charge in [0.05, 0.1) is 0 Å². The summed E-state index contributed by atoms with van der Waals surface area (Å²) in [4.78, 5) is 4.62. The van der Waals surface area contributed by atoms with E-state index >= 15 is 0 Å². The molecule has 1 aromatic heterocycles. The molecular weight excluding hydrogens is 270 g/mol. The predicted octanol–water partition coefficient (Wildman–Crippen LogP) is 4.72. The van der Waals surface area contributed by atoms with Crippen LogP contribution in [0.1, 0.15) is 32.4 Å². The number of halogens is 1. The lowest BCUT2D eigenvalue weighted by Gasteiger charge is -2.50. The number of ether oxygens (including phenoxy) is 1. The number of aromatic nitrogens is 1. The summed E-state index contributed by atoms with van der Waals surface area (Å²) in [6.45, 7) is 6.39. The number of alkyl halides is 1. The monoisotopic (exact) mass is 289 g/mol. The number of hydrogen-bond donors (Lipinski definition) is 0. The Kier molecular flexibility index (Phi) is 3.37. The number of pyridine rings is 1. The van der Waals surface area contributed by atoms with Crippen LogP contribution in [-0.4, -0.2) is 16.5 Å². The molecule has 1 heterocycles. The fraction of sp³-hybridized carbons (Fsp3) is 0.471. The first-order chi connectivity index (χ1) is 9.54. The molecule has 1 fully saturated rings. The normalized spacial score (nSPS) is 29.2. The highest BCUT2D eigenvalue weighted by molar-refractivity contribution is 6.21. The second-order valence-electron chi connectivity index (χ2n) is 5.95. The molecule has 0 saturated heterocycles. The molecule has 1 saturated carbocycles. The second-order valence-corrected chi connectivity index (χ2v) is 6.48. The van der Waals surface area contributed by atoms with Gasteiger partial charge in [0.1, 0.15) is 17.4 Å². The van der Waals surface area contributed by atoms with E-state index in [4.69, 9.17) is 16.3 Å². The molecular formula is C17H20ClNO. The number of nitrogens with zero attached hydrogens (tertiary/aromatic N) is 1. The summed E-state index contributed by atoms with van der Waals surface area (Å²) in [6, 6.07) is 10.2. The quantitative estimate of drug-likeness (QED) is 0.763. The van der Waals surface area contributed by atoms with Crippen molar-refractivity contribution in [2.24, 2.45) is 5.41 Å². The summed E-state index contributed by atoms with van der Waals surface area (Å²) in [7, 11) is 0. The highest BCUT2D eigenvalue weighted by Gasteiger charge is 2.51. The Balaban J connectivity index is 1.94. The van der Waals surface area contributed by atoms with Crippen LogP contribution in [0, 0.1) is 12.3 Å². The molecule has 1 aliphatic carbocycles. The average Bonchev–Trinajstić information content (AvgIpc) is 2.46. The van der Waals surface area contributed by atoms with Gasteiger partial charge in [-0.1, -0.05) is 32.0 Å². The van der Waals surface area contributed by atoms with Crippen molar-refractivity contribution in [3.63, 3.8) is 0 Å². The van der Waals surface area contributed by atoms with Crippen molar-refractivity contribution in [2.75, 3.05) is 0 Å². The first-order valence-corrected chi connectivity index (χ1v) is 7.65. The predicted molar refractivity (Wildman–Crippen MR) is 83.6 cm³/mol. The Hall–Kier alpha value is -1.28. The summed E-state index contributed by atoms with van der Waals surface area (Å²) >= 11 is 6.37. The molecule has 3 heteroatoms. The van der Waals surface area contributed by atoms with Gasteiger partial charge in [-0.2, -0.15) is 0 Å². The first kappa shape index (κ1) is 13.7. The summed E-state index contributed by atoms with van der Waals surface area (Å²) in [5.41, 5.74) is 2.02. The molecule has 0 N–H and O–H groups in total. The Morgan fingerprint density at radius 3 is 2.85 bits per heavy atom. The number of benzene rings is 1. The Morgan fingerprint density at radius 1 is 1.35 bits per heavy atom. The summed E-state index contributed by atoms with van der Waals surface area (Å²) in [5.74, 6) is 0.874. The van der Waals surface area contributed by atoms with Crippen molar-refractivity contribution in [3.8, 4) is 5.75 Å². The molecule has 1 aromatic carbocycles. The molecule has 3 unspecified atom stereocenters. The number of hydrogen-bond acceptors (Lipinski definition) is 2. The largest absolute Gasteiger partial charge is 0.487 e. The zero-order valence-electron chi connectivity index (χ0n) is 12.2. The van der Waals surface area contributed by atoms with Crippen LogP contribution in [0.3, 0.4) is 0 Å². The first-order valence-electron chi connectivity index (χ1n) is 7.21. The van der Waals surface area contributed by atoms with Crippen molar-refractivity contribution in [1.29, 1.82) is 0 Å². The molecule has 1 aliphatic rings. The van der Waals surface area contributed by atoms with Crippen LogP contribution in [0.5, 0.6) is 5.75 Å². The number of rotatable bonds is 3. The highest BCUT2D eigenvalue weighted by Crippen LogP contribution is 2.49. The molecule has 20 heavy (non-hydrogen) atoms. The van der Waals surface area contributed by atoms with Crippen LogP contribution >= 0.6 is 11.6 Å². The molecule has 2 aromatic rings. The average molecular weight is 290 g/mol. The molecule has 0 amide bonds. The zero-order valence-corrected chi connectivity index (χ0v) is 12.9. The maximum Gasteiger partial charge on any atom is 0.145 e. The Bertz CT molecular complexity index is 642. The van der Waals surface area contributed by atoms with E-state index in [0.717, 1.165) is 35.2 Å². The number of para-hydroxylation sites is 1. The molecule has 3 atom stereocenters. The maximum atomic E-state index is 6.37. The van der Waals surface area contributed by atoms with Crippen molar-refractivity contribution >= 4 is 22.5 Å². The van der Waals surface area contributed by atoms with Crippen LogP contribution < -0.4 is 4.74 Å². The summed E-state index contributed by atoms with van der Waals surface area (Å²) in [5, 5.41) is 1.33. The van der Waals surface area contributed by atoms with Gasteiger partial charge in [-0.15, -0.1) is 11.6 Å². The SMILES string of the molecule is CCC1(C)C(Cl)CC1Oc1cccc2ccc(C)nc12. The van der Waals surface area contributed by atoms with Crippen LogP contribution in [0.25, 0.3) is 10.9 Å². The van der Waals surface area contributed by atoms with Crippen molar-refractivity contribution in [2.45, 2.75) is 45.1 Å². The van der Waals surface area contributed by atoms with Gasteiger partial charge in [0, 0.05) is 28.3 Å². The third-order valence-corrected chi connectivity index (χ3v) is 5.40. The Morgan fingerprint density at radius 2 is 2.15 bits per heavy atom. The van der Waals surface area contributed by atoms with E-state index < -0.39 is 0 Å². The van der Waals surface area contributed by atoms with E-state index in [1.807, 2.05) is 25.1 Å². The molecule has 3 rings (SSSR count). The smallest absolute Gasteiger partial charge is 0.145 e. The lowest BCUT2D eigenvalue weighted by atomic mass is 9.65. The molecule has 0 spiro atoms. The second kappa shape index (κ2) is 4.92. The van der Waals surface area contributed by atoms with Crippen molar-refractivity contribution in [1.82, 2.24) is 4.98 Å². The third kappa shape index (κ3) is 2.07. The third-order valence-electron chi connectivity index (χ3n) is 4.73. The van der Waals surface area contributed by atoms with Gasteiger partial charge in [0.2, 0.25) is 0 Å². The fourth-order valence-corrected chi connectivity index (χ4v) is 3.32. The topological polar surface area (TPSA) is 22.1 Å². The van der Waals surface area contributed by atoms with Crippen LogP contribution in [0.2, 0.25) is 0 Å². The summed E-state index contributed by atoms with van der Waals surface area (Å²) < 4.78 is 6.25. The standard InChI is InChI=1S/C17H20ClNO/c1-4-17(3)14(18)10-15(17)20-13-7-5-6-12-9-8-11(2)19-16(12)13/h5-9,14-15H,4,10H2,1-3H3. The van der Waals surface area contributed by atoms with E-state index in [1.54, 1.807) is 0 Å². The minimum absolute atomic E-state index is 0.0630. The molecule has 0 bridgehead atoms. The van der Waals surface area contributed by atoms with Gasteiger partial charge < -0.3 is 4.74 Å². The minimum atomic E-state index is 0.0630. The molecule has 0 aliphatic heterocycles. The van der Waals surface area contributed by atoms with E-state index in [9.17, 15) is 0 Å². The lowest BCUT2D eigenvalue weighted by molar-refractivity contribution is -0.0286. The van der Waals surface area contributed by atoms with Gasteiger partial charge in [0.15, 0.2) is 0 Å². The minimum Gasteiger partial charge on any atom is -0.487 e. The van der Waals surface area contributed by atoms with Crippen molar-refractivity contribution < 1.29 is 4.74 Å². The van der Waals surface area contributed by atoms with Crippen molar-refractivity contribution in [3.05, 3.63) is 36.0 Å². The van der Waals surface area contributed by atoms with Gasteiger partial charge in [0.25, 0.3) is 0 Å². The van der Waals surface area contributed by atoms with Gasteiger partial charge in [-0.3, -0.25) is 0 Å². The maximum absolute atomic E-state index is 6.37. The van der Waals surface area contributed by atoms with E-state index in [0.29, 0.717) is 0 Å². The van der Waals surface area contributed by atoms with Crippen LogP contribution in [0.4, 0.5) is 0 Å². The molecule has 106 valence electrons. The molecule has 0 radical (unpaired) electrons. The van der Waals surface area contributed by atoms with Crippen LogP contribution in [-0.2, 0) is 0 Å². The fourth-order valence-electron chi connectivity index (χ4n) is 2.87. The number of fused-ring (bicyclic) bond motifs is 1.